The highest BCUT2D eigenvalue weighted by Crippen LogP contribution is 2.11. The van der Waals surface area contributed by atoms with E-state index in [1.54, 1.807) is 19.9 Å². The largest absolute Gasteiger partial charge is 0.388 e. The quantitative estimate of drug-likeness (QED) is 0.825. The Labute approximate surface area is 112 Å². The summed E-state index contributed by atoms with van der Waals surface area (Å²) in [6.07, 6.45) is 0.389. The molecular weight excluding hydrogens is 249 g/mol. The Kier molecular flexibility index (Phi) is 5.44. The monoisotopic (exact) mass is 269 g/mol. The summed E-state index contributed by atoms with van der Waals surface area (Å²) in [5, 5.41) is 12.5. The van der Waals surface area contributed by atoms with Crippen molar-refractivity contribution in [2.45, 2.75) is 25.9 Å². The van der Waals surface area contributed by atoms with E-state index in [1.165, 1.54) is 19.2 Å². The van der Waals surface area contributed by atoms with Gasteiger partial charge in [0.05, 0.1) is 11.2 Å². The van der Waals surface area contributed by atoms with Crippen molar-refractivity contribution in [1.29, 1.82) is 0 Å². The summed E-state index contributed by atoms with van der Waals surface area (Å²) in [4.78, 5) is 11.8. The number of hydrogen-bond donors (Lipinski definition) is 2. The van der Waals surface area contributed by atoms with Crippen LogP contribution in [0, 0.1) is 12.7 Å². The average Bonchev–Trinajstić information content (AvgIpc) is 2.34. The van der Waals surface area contributed by atoms with Gasteiger partial charge < -0.3 is 15.2 Å². The normalized spacial score (nSPS) is 13.9. The van der Waals surface area contributed by atoms with E-state index >= 15 is 0 Å². The minimum Gasteiger partial charge on any atom is -0.388 e. The van der Waals surface area contributed by atoms with Gasteiger partial charge in [0, 0.05) is 26.7 Å². The third-order valence-corrected chi connectivity index (χ3v) is 2.84. The molecule has 0 bridgehead atoms. The Balaban J connectivity index is 2.60. The van der Waals surface area contributed by atoms with E-state index in [1.807, 2.05) is 0 Å². The molecule has 5 heteroatoms. The Bertz CT molecular complexity index is 446. The number of amides is 1. The van der Waals surface area contributed by atoms with E-state index in [2.05, 4.69) is 5.32 Å². The molecule has 0 saturated heterocycles. The SMILES string of the molecule is COCCC(C)(O)CNC(=O)c1ccc(C)cc1F. The molecule has 0 aromatic heterocycles. The Morgan fingerprint density at radius 1 is 1.53 bits per heavy atom. The third kappa shape index (κ3) is 4.96. The number of nitrogens with one attached hydrogen (secondary N) is 1. The first-order valence-corrected chi connectivity index (χ1v) is 6.11. The second-order valence-electron chi connectivity index (χ2n) is 4.91. The van der Waals surface area contributed by atoms with Gasteiger partial charge >= 0.3 is 0 Å². The first-order valence-electron chi connectivity index (χ1n) is 6.11. The van der Waals surface area contributed by atoms with Gasteiger partial charge in [-0.2, -0.15) is 0 Å². The lowest BCUT2D eigenvalue weighted by Crippen LogP contribution is -2.41. The lowest BCUT2D eigenvalue weighted by molar-refractivity contribution is 0.0243. The second-order valence-corrected chi connectivity index (χ2v) is 4.91. The molecule has 1 rings (SSSR count). The van der Waals surface area contributed by atoms with Crippen LogP contribution >= 0.6 is 0 Å². The average molecular weight is 269 g/mol. The predicted molar refractivity (Wildman–Crippen MR) is 70.6 cm³/mol. The third-order valence-electron chi connectivity index (χ3n) is 2.84. The van der Waals surface area contributed by atoms with Crippen molar-refractivity contribution < 1.29 is 19.0 Å². The molecule has 0 saturated carbocycles. The van der Waals surface area contributed by atoms with Gasteiger partial charge in [-0.15, -0.1) is 0 Å². The second kappa shape index (κ2) is 6.63. The molecule has 0 spiro atoms. The molecule has 106 valence electrons. The number of ether oxygens (including phenoxy) is 1. The summed E-state index contributed by atoms with van der Waals surface area (Å²) in [5.41, 5.74) is -0.346. The maximum absolute atomic E-state index is 13.6. The van der Waals surface area contributed by atoms with Gasteiger partial charge in [-0.05, 0) is 31.5 Å². The Morgan fingerprint density at radius 3 is 2.79 bits per heavy atom. The highest BCUT2D eigenvalue weighted by Gasteiger charge is 2.22. The molecule has 2 N–H and O–H groups in total. The van der Waals surface area contributed by atoms with E-state index in [4.69, 9.17) is 4.74 Å². The zero-order valence-corrected chi connectivity index (χ0v) is 11.5. The fraction of sp³-hybridized carbons (Fsp3) is 0.500. The van der Waals surface area contributed by atoms with Gasteiger partial charge in [0.15, 0.2) is 0 Å². The number of hydrogen-bond acceptors (Lipinski definition) is 3. The molecule has 4 nitrogen and oxygen atoms in total. The first-order chi connectivity index (χ1) is 8.85. The van der Waals surface area contributed by atoms with Crippen molar-refractivity contribution in [2.24, 2.45) is 0 Å². The summed E-state index contributed by atoms with van der Waals surface area (Å²) in [6, 6.07) is 4.41. The maximum atomic E-state index is 13.6. The number of halogens is 1. The van der Waals surface area contributed by atoms with Crippen LogP contribution in [-0.2, 0) is 4.74 Å². The number of rotatable bonds is 6. The molecule has 0 radical (unpaired) electrons. The fourth-order valence-electron chi connectivity index (χ4n) is 1.58. The Morgan fingerprint density at radius 2 is 2.21 bits per heavy atom. The molecule has 19 heavy (non-hydrogen) atoms. The molecule has 0 aliphatic heterocycles. The van der Waals surface area contributed by atoms with Crippen molar-refractivity contribution in [3.05, 3.63) is 35.1 Å². The zero-order valence-electron chi connectivity index (χ0n) is 11.5. The molecule has 0 fully saturated rings. The number of carbonyl (C=O) groups excluding carboxylic acids is 1. The van der Waals surface area contributed by atoms with Crippen molar-refractivity contribution >= 4 is 5.91 Å². The van der Waals surface area contributed by atoms with E-state index in [9.17, 15) is 14.3 Å². The van der Waals surface area contributed by atoms with E-state index in [-0.39, 0.29) is 12.1 Å². The number of aliphatic hydroxyl groups is 1. The molecule has 0 heterocycles. The van der Waals surface area contributed by atoms with Crippen LogP contribution in [0.4, 0.5) is 4.39 Å². The van der Waals surface area contributed by atoms with Crippen LogP contribution < -0.4 is 5.32 Å². The van der Waals surface area contributed by atoms with Crippen LogP contribution in [0.2, 0.25) is 0 Å². The smallest absolute Gasteiger partial charge is 0.254 e. The first kappa shape index (κ1) is 15.6. The molecule has 1 aromatic rings. The summed E-state index contributed by atoms with van der Waals surface area (Å²) in [7, 11) is 1.54. The lowest BCUT2D eigenvalue weighted by Gasteiger charge is -2.23. The molecule has 1 unspecified atom stereocenters. The van der Waals surface area contributed by atoms with Crippen LogP contribution in [0.25, 0.3) is 0 Å². The van der Waals surface area contributed by atoms with Crippen LogP contribution in [0.3, 0.4) is 0 Å². The minimum absolute atomic E-state index is 0.0202. The highest BCUT2D eigenvalue weighted by molar-refractivity contribution is 5.94. The van der Waals surface area contributed by atoms with Crippen molar-refractivity contribution in [1.82, 2.24) is 5.32 Å². The molecule has 1 amide bonds. The molecule has 1 aromatic carbocycles. The molecule has 0 aliphatic carbocycles. The molecule has 1 atom stereocenters. The molecular formula is C14H20FNO3. The maximum Gasteiger partial charge on any atom is 0.254 e. The summed E-state index contributed by atoms with van der Waals surface area (Å²) in [5.74, 6) is -1.09. The van der Waals surface area contributed by atoms with Gasteiger partial charge in [0.2, 0.25) is 0 Å². The highest BCUT2D eigenvalue weighted by atomic mass is 19.1. The topological polar surface area (TPSA) is 58.6 Å². The lowest BCUT2D eigenvalue weighted by atomic mass is 10.0. The number of benzene rings is 1. The van der Waals surface area contributed by atoms with Gasteiger partial charge in [-0.1, -0.05) is 6.07 Å². The predicted octanol–water partition coefficient (Wildman–Crippen LogP) is 1.65. The number of carbonyl (C=O) groups is 1. The van der Waals surface area contributed by atoms with Gasteiger partial charge in [-0.25, -0.2) is 4.39 Å². The van der Waals surface area contributed by atoms with Gasteiger partial charge in [0.25, 0.3) is 5.91 Å². The van der Waals surface area contributed by atoms with Crippen molar-refractivity contribution in [3.63, 3.8) is 0 Å². The molecule has 0 aliphatic rings. The van der Waals surface area contributed by atoms with Crippen LogP contribution in [0.15, 0.2) is 18.2 Å². The number of methoxy groups -OCH3 is 1. The van der Waals surface area contributed by atoms with Gasteiger partial charge in [0.1, 0.15) is 5.82 Å². The summed E-state index contributed by atoms with van der Waals surface area (Å²) in [6.45, 7) is 3.78. The van der Waals surface area contributed by atoms with Crippen molar-refractivity contribution in [2.75, 3.05) is 20.3 Å². The van der Waals surface area contributed by atoms with E-state index < -0.39 is 17.3 Å². The van der Waals surface area contributed by atoms with Crippen LogP contribution in [-0.4, -0.2) is 36.9 Å². The minimum atomic E-state index is -1.08. The fourth-order valence-corrected chi connectivity index (χ4v) is 1.58. The Hall–Kier alpha value is -1.46. The van der Waals surface area contributed by atoms with E-state index in [0.29, 0.717) is 13.0 Å². The van der Waals surface area contributed by atoms with Gasteiger partial charge in [-0.3, -0.25) is 4.79 Å². The van der Waals surface area contributed by atoms with Crippen molar-refractivity contribution in [3.8, 4) is 0 Å². The van der Waals surface area contributed by atoms with E-state index in [0.717, 1.165) is 5.56 Å². The van der Waals surface area contributed by atoms with Crippen LogP contribution in [0.5, 0.6) is 0 Å². The standard InChI is InChI=1S/C14H20FNO3/c1-10-4-5-11(12(15)8-10)13(17)16-9-14(2,18)6-7-19-3/h4-5,8,18H,6-7,9H2,1-3H3,(H,16,17). The number of aryl methyl sites for hydroxylation is 1. The summed E-state index contributed by atoms with van der Waals surface area (Å²) < 4.78 is 18.4. The summed E-state index contributed by atoms with van der Waals surface area (Å²) >= 11 is 0. The zero-order chi connectivity index (χ0) is 14.5. The van der Waals surface area contributed by atoms with Crippen LogP contribution in [0.1, 0.15) is 29.3 Å².